The number of anilines is 1. The smallest absolute Gasteiger partial charge is 0.256 e. The Morgan fingerprint density at radius 3 is 2.52 bits per heavy atom. The predicted octanol–water partition coefficient (Wildman–Crippen LogP) is 2.61. The van der Waals surface area contributed by atoms with Gasteiger partial charge in [0.1, 0.15) is 12.3 Å². The number of hydrogen-bond acceptors (Lipinski definition) is 9. The number of benzene rings is 2. The summed E-state index contributed by atoms with van der Waals surface area (Å²) >= 11 is 0. The van der Waals surface area contributed by atoms with E-state index in [1.807, 2.05) is 29.3 Å². The van der Waals surface area contributed by atoms with E-state index in [9.17, 15) is 9.59 Å². The first kappa shape index (κ1) is 27.6. The molecule has 0 fully saturated rings. The second-order valence-corrected chi connectivity index (χ2v) is 10.5. The SMILES string of the molecule is Cc1nc(-c2cc3c(c(NCC(=O)N(CCNC(C)C)CC(=O)N(C)N4Cc5ccccc5C4)c2)OCC3)no1. The molecule has 2 aliphatic rings. The van der Waals surface area contributed by atoms with Crippen LogP contribution in [0.5, 0.6) is 5.75 Å². The molecule has 3 aromatic rings. The lowest BCUT2D eigenvalue weighted by molar-refractivity contribution is -0.151. The van der Waals surface area contributed by atoms with Crippen molar-refractivity contribution in [3.05, 3.63) is 59.0 Å². The van der Waals surface area contributed by atoms with Crippen LogP contribution in [0.25, 0.3) is 11.4 Å². The predicted molar refractivity (Wildman–Crippen MR) is 150 cm³/mol. The summed E-state index contributed by atoms with van der Waals surface area (Å²) < 4.78 is 11.0. The van der Waals surface area contributed by atoms with Gasteiger partial charge in [-0.15, -0.1) is 0 Å². The van der Waals surface area contributed by atoms with Gasteiger partial charge in [0.15, 0.2) is 0 Å². The van der Waals surface area contributed by atoms with Gasteiger partial charge in [0.2, 0.25) is 17.6 Å². The van der Waals surface area contributed by atoms with Gasteiger partial charge in [0, 0.05) is 63.7 Å². The largest absolute Gasteiger partial charge is 0.491 e. The summed E-state index contributed by atoms with van der Waals surface area (Å²) in [5, 5.41) is 14.3. The zero-order valence-electron chi connectivity index (χ0n) is 23.6. The maximum Gasteiger partial charge on any atom is 0.256 e. The Bertz CT molecular complexity index is 1350. The summed E-state index contributed by atoms with van der Waals surface area (Å²) in [5.74, 6) is 1.39. The van der Waals surface area contributed by atoms with Gasteiger partial charge >= 0.3 is 0 Å². The van der Waals surface area contributed by atoms with Crippen molar-refractivity contribution in [3.63, 3.8) is 0 Å². The Balaban J connectivity index is 1.26. The average Bonchev–Trinajstić information content (AvgIpc) is 3.69. The van der Waals surface area contributed by atoms with Crippen molar-refractivity contribution in [3.8, 4) is 17.1 Å². The number of amides is 2. The third kappa shape index (κ3) is 6.26. The van der Waals surface area contributed by atoms with Crippen LogP contribution in [-0.4, -0.2) is 82.7 Å². The van der Waals surface area contributed by atoms with E-state index in [-0.39, 0.29) is 30.9 Å². The highest BCUT2D eigenvalue weighted by Gasteiger charge is 2.27. The molecule has 2 amide bonds. The lowest BCUT2D eigenvalue weighted by atomic mass is 10.1. The van der Waals surface area contributed by atoms with E-state index in [1.54, 1.807) is 23.9 Å². The van der Waals surface area contributed by atoms with Crippen LogP contribution in [-0.2, 0) is 29.1 Å². The number of fused-ring (bicyclic) bond motifs is 2. The number of nitrogens with zero attached hydrogens (tertiary/aromatic N) is 5. The van der Waals surface area contributed by atoms with E-state index in [4.69, 9.17) is 9.26 Å². The Labute approximate surface area is 234 Å². The summed E-state index contributed by atoms with van der Waals surface area (Å²) in [7, 11) is 1.77. The number of aromatic nitrogens is 2. The summed E-state index contributed by atoms with van der Waals surface area (Å²) in [6, 6.07) is 12.3. The first-order valence-electron chi connectivity index (χ1n) is 13.7. The van der Waals surface area contributed by atoms with Crippen LogP contribution in [0.15, 0.2) is 40.9 Å². The molecule has 2 aromatic carbocycles. The molecule has 0 saturated heterocycles. The van der Waals surface area contributed by atoms with Crippen molar-refractivity contribution in [1.82, 2.24) is 30.4 Å². The van der Waals surface area contributed by atoms with Gasteiger partial charge in [-0.25, -0.2) is 5.01 Å². The summed E-state index contributed by atoms with van der Waals surface area (Å²) in [4.78, 5) is 32.8. The van der Waals surface area contributed by atoms with E-state index in [2.05, 4.69) is 46.8 Å². The van der Waals surface area contributed by atoms with Crippen LogP contribution in [0.2, 0.25) is 0 Å². The molecule has 5 rings (SSSR count). The number of ether oxygens (including phenoxy) is 1. The fraction of sp³-hybridized carbons (Fsp3) is 0.448. The van der Waals surface area contributed by atoms with Gasteiger partial charge in [0.05, 0.1) is 18.8 Å². The molecule has 2 N–H and O–H groups in total. The number of carbonyl (C=O) groups excluding carboxylic acids is 2. The number of aryl methyl sites for hydroxylation is 1. The fourth-order valence-electron chi connectivity index (χ4n) is 5.00. The number of nitrogens with one attached hydrogen (secondary N) is 2. The van der Waals surface area contributed by atoms with E-state index in [1.165, 1.54) is 11.1 Å². The van der Waals surface area contributed by atoms with E-state index >= 15 is 0 Å². The standard InChI is InChI=1S/C29H37N7O4/c1-19(2)30-10-11-35(18-27(38)34(4)36-16-22-7-5-6-8-23(22)17-36)26(37)15-31-25-14-24(29-32-20(3)40-33-29)13-21-9-12-39-28(21)25/h5-8,13-14,19,30-31H,9-12,15-18H2,1-4H3. The minimum Gasteiger partial charge on any atom is -0.491 e. The Kier molecular flexibility index (Phi) is 8.32. The highest BCUT2D eigenvalue weighted by atomic mass is 16.5. The quantitative estimate of drug-likeness (QED) is 0.374. The number of rotatable bonds is 11. The molecule has 11 nitrogen and oxygen atoms in total. The van der Waals surface area contributed by atoms with Crippen molar-refractivity contribution >= 4 is 17.5 Å². The molecule has 212 valence electrons. The minimum absolute atomic E-state index is 0.0123. The summed E-state index contributed by atoms with van der Waals surface area (Å²) in [6.07, 6.45) is 0.761. The molecule has 0 saturated carbocycles. The zero-order valence-corrected chi connectivity index (χ0v) is 23.6. The zero-order chi connectivity index (χ0) is 28.2. The van der Waals surface area contributed by atoms with Crippen molar-refractivity contribution < 1.29 is 18.8 Å². The van der Waals surface area contributed by atoms with Gasteiger partial charge in [-0.3, -0.25) is 14.6 Å². The number of carbonyl (C=O) groups is 2. The van der Waals surface area contributed by atoms with Gasteiger partial charge in [-0.05, 0) is 23.3 Å². The van der Waals surface area contributed by atoms with Crippen molar-refractivity contribution in [2.24, 2.45) is 0 Å². The molecule has 0 aliphatic carbocycles. The average molecular weight is 548 g/mol. The van der Waals surface area contributed by atoms with Crippen LogP contribution in [0.4, 0.5) is 5.69 Å². The molecule has 11 heteroatoms. The summed E-state index contributed by atoms with van der Waals surface area (Å²) in [6.45, 7) is 8.76. The molecule has 0 atom stereocenters. The maximum absolute atomic E-state index is 13.5. The van der Waals surface area contributed by atoms with Crippen LogP contribution in [0.1, 0.15) is 36.4 Å². The van der Waals surface area contributed by atoms with E-state index in [0.29, 0.717) is 50.2 Å². The van der Waals surface area contributed by atoms with Gasteiger partial charge in [-0.2, -0.15) is 4.98 Å². The highest BCUT2D eigenvalue weighted by Crippen LogP contribution is 2.37. The molecular formula is C29H37N7O4. The van der Waals surface area contributed by atoms with Crippen molar-refractivity contribution in [2.75, 3.05) is 45.2 Å². The lowest BCUT2D eigenvalue weighted by Crippen LogP contribution is -2.49. The molecule has 2 aliphatic heterocycles. The first-order chi connectivity index (χ1) is 19.3. The molecule has 0 unspecified atom stereocenters. The second kappa shape index (κ2) is 12.1. The molecule has 40 heavy (non-hydrogen) atoms. The van der Waals surface area contributed by atoms with E-state index < -0.39 is 0 Å². The topological polar surface area (TPSA) is 116 Å². The number of hydrazine groups is 1. The molecule has 3 heterocycles. The highest BCUT2D eigenvalue weighted by molar-refractivity contribution is 5.87. The molecule has 0 radical (unpaired) electrons. The number of hydrogen-bond donors (Lipinski definition) is 2. The van der Waals surface area contributed by atoms with Crippen LogP contribution < -0.4 is 15.4 Å². The summed E-state index contributed by atoms with van der Waals surface area (Å²) in [5.41, 5.74) is 4.94. The van der Waals surface area contributed by atoms with Crippen LogP contribution >= 0.6 is 0 Å². The third-order valence-electron chi connectivity index (χ3n) is 7.22. The Hall–Kier alpha value is -3.96. The molecule has 0 bridgehead atoms. The van der Waals surface area contributed by atoms with Crippen molar-refractivity contribution in [1.29, 1.82) is 0 Å². The van der Waals surface area contributed by atoms with Gasteiger partial charge < -0.3 is 24.8 Å². The first-order valence-corrected chi connectivity index (χ1v) is 13.7. The second-order valence-electron chi connectivity index (χ2n) is 10.5. The Morgan fingerprint density at radius 2 is 1.85 bits per heavy atom. The minimum atomic E-state index is -0.176. The normalized spacial score (nSPS) is 14.1. The van der Waals surface area contributed by atoms with Crippen molar-refractivity contribution in [2.45, 2.75) is 46.3 Å². The van der Waals surface area contributed by atoms with Gasteiger partial charge in [0.25, 0.3) is 5.91 Å². The molecule has 1 aromatic heterocycles. The Morgan fingerprint density at radius 1 is 1.10 bits per heavy atom. The molecular weight excluding hydrogens is 510 g/mol. The number of likely N-dealkylation sites (N-methyl/N-ethyl adjacent to an activating group) is 1. The van der Waals surface area contributed by atoms with E-state index in [0.717, 1.165) is 23.3 Å². The fourth-order valence-corrected chi connectivity index (χ4v) is 5.00. The maximum atomic E-state index is 13.5. The lowest BCUT2D eigenvalue weighted by Gasteiger charge is -2.31. The molecule has 0 spiro atoms. The van der Waals surface area contributed by atoms with Gasteiger partial charge in [-0.1, -0.05) is 43.3 Å². The van der Waals surface area contributed by atoms with Crippen LogP contribution in [0, 0.1) is 6.92 Å². The monoisotopic (exact) mass is 547 g/mol. The third-order valence-corrected chi connectivity index (χ3v) is 7.22. The van der Waals surface area contributed by atoms with Crippen LogP contribution in [0.3, 0.4) is 0 Å².